The van der Waals surface area contributed by atoms with Crippen molar-refractivity contribution in [1.29, 1.82) is 0 Å². The number of amides is 1. The van der Waals surface area contributed by atoms with Gasteiger partial charge in [-0.3, -0.25) is 4.79 Å². The molecule has 17 heavy (non-hydrogen) atoms. The quantitative estimate of drug-likeness (QED) is 0.854. The molecule has 1 saturated heterocycles. The summed E-state index contributed by atoms with van der Waals surface area (Å²) in [4.78, 5) is 15.5. The standard InChI is InChI=1S/C12H16ClN3O/c13-10-1-3-11(4-2-10)15-5-7-16(8-6-15)12(17)9-14/h1-4H,5-9,14H2. The lowest BCUT2D eigenvalue weighted by atomic mass is 10.2. The molecule has 2 N–H and O–H groups in total. The molecule has 1 aliphatic heterocycles. The van der Waals surface area contributed by atoms with Crippen molar-refractivity contribution in [1.82, 2.24) is 4.90 Å². The monoisotopic (exact) mass is 253 g/mol. The van der Waals surface area contributed by atoms with E-state index in [4.69, 9.17) is 17.3 Å². The van der Waals surface area contributed by atoms with Crippen molar-refractivity contribution >= 4 is 23.2 Å². The molecule has 4 nitrogen and oxygen atoms in total. The number of anilines is 1. The van der Waals surface area contributed by atoms with Crippen LogP contribution < -0.4 is 10.6 Å². The molecule has 0 aliphatic carbocycles. The van der Waals surface area contributed by atoms with Gasteiger partial charge in [-0.05, 0) is 24.3 Å². The summed E-state index contributed by atoms with van der Waals surface area (Å²) in [6.07, 6.45) is 0. The lowest BCUT2D eigenvalue weighted by Gasteiger charge is -2.36. The molecule has 0 radical (unpaired) electrons. The topological polar surface area (TPSA) is 49.6 Å². The van der Waals surface area contributed by atoms with Crippen LogP contribution in [-0.2, 0) is 4.79 Å². The second-order valence-electron chi connectivity index (χ2n) is 4.05. The number of nitrogens with two attached hydrogens (primary N) is 1. The van der Waals surface area contributed by atoms with Crippen molar-refractivity contribution in [3.05, 3.63) is 29.3 Å². The molecule has 0 aromatic heterocycles. The number of nitrogens with zero attached hydrogens (tertiary/aromatic N) is 2. The third-order valence-corrected chi connectivity index (χ3v) is 3.25. The fourth-order valence-corrected chi connectivity index (χ4v) is 2.12. The molecule has 1 aromatic carbocycles. The summed E-state index contributed by atoms with van der Waals surface area (Å²) >= 11 is 5.85. The van der Waals surface area contributed by atoms with Gasteiger partial charge in [0, 0.05) is 36.9 Å². The summed E-state index contributed by atoms with van der Waals surface area (Å²) in [5.41, 5.74) is 6.49. The number of carbonyl (C=O) groups is 1. The largest absolute Gasteiger partial charge is 0.368 e. The summed E-state index contributed by atoms with van der Waals surface area (Å²) in [6, 6.07) is 7.77. The molecule has 1 aliphatic rings. The minimum Gasteiger partial charge on any atom is -0.368 e. The van der Waals surface area contributed by atoms with E-state index >= 15 is 0 Å². The van der Waals surface area contributed by atoms with Gasteiger partial charge in [-0.2, -0.15) is 0 Å². The fraction of sp³-hybridized carbons (Fsp3) is 0.417. The van der Waals surface area contributed by atoms with Gasteiger partial charge in [-0.15, -0.1) is 0 Å². The Balaban J connectivity index is 1.95. The van der Waals surface area contributed by atoms with Crippen LogP contribution in [0.3, 0.4) is 0 Å². The molecule has 0 spiro atoms. The molecule has 1 heterocycles. The Bertz CT molecular complexity index is 385. The lowest BCUT2D eigenvalue weighted by Crippen LogP contribution is -2.50. The Morgan fingerprint density at radius 2 is 1.76 bits per heavy atom. The number of hydrogen-bond donors (Lipinski definition) is 1. The average molecular weight is 254 g/mol. The van der Waals surface area contributed by atoms with Crippen molar-refractivity contribution in [3.63, 3.8) is 0 Å². The van der Waals surface area contributed by atoms with Crippen LogP contribution in [0.4, 0.5) is 5.69 Å². The number of benzene rings is 1. The molecule has 0 atom stereocenters. The van der Waals surface area contributed by atoms with E-state index in [2.05, 4.69) is 4.90 Å². The lowest BCUT2D eigenvalue weighted by molar-refractivity contribution is -0.129. The van der Waals surface area contributed by atoms with E-state index < -0.39 is 0 Å². The van der Waals surface area contributed by atoms with Crippen LogP contribution in [0.5, 0.6) is 0 Å². The van der Waals surface area contributed by atoms with E-state index in [-0.39, 0.29) is 12.5 Å². The van der Waals surface area contributed by atoms with Gasteiger partial charge in [0.05, 0.1) is 6.54 Å². The molecule has 1 aromatic rings. The zero-order chi connectivity index (χ0) is 12.3. The van der Waals surface area contributed by atoms with Crippen molar-refractivity contribution < 1.29 is 4.79 Å². The van der Waals surface area contributed by atoms with E-state index in [0.29, 0.717) is 0 Å². The minimum atomic E-state index is 0.0285. The molecule has 1 fully saturated rings. The number of hydrogen-bond acceptors (Lipinski definition) is 3. The van der Waals surface area contributed by atoms with Crippen LogP contribution in [0.2, 0.25) is 5.02 Å². The molecule has 0 saturated carbocycles. The van der Waals surface area contributed by atoms with Gasteiger partial charge in [0.25, 0.3) is 0 Å². The van der Waals surface area contributed by atoms with Gasteiger partial charge < -0.3 is 15.5 Å². The van der Waals surface area contributed by atoms with E-state index in [1.54, 1.807) is 0 Å². The molecule has 0 unspecified atom stereocenters. The summed E-state index contributed by atoms with van der Waals surface area (Å²) in [5, 5.41) is 0.741. The van der Waals surface area contributed by atoms with Gasteiger partial charge in [0.2, 0.25) is 5.91 Å². The molecule has 2 rings (SSSR count). The Kier molecular flexibility index (Phi) is 3.86. The predicted octanol–water partition coefficient (Wildman–Crippen LogP) is 0.947. The normalized spacial score (nSPS) is 16.1. The molecular weight excluding hydrogens is 238 g/mol. The summed E-state index contributed by atoms with van der Waals surface area (Å²) in [5.74, 6) is 0.0285. The van der Waals surface area contributed by atoms with E-state index in [9.17, 15) is 4.79 Å². The summed E-state index contributed by atoms with van der Waals surface area (Å²) in [6.45, 7) is 3.25. The molecule has 0 bridgehead atoms. The van der Waals surface area contributed by atoms with Gasteiger partial charge in [-0.1, -0.05) is 11.6 Å². The van der Waals surface area contributed by atoms with Crippen molar-refractivity contribution in [3.8, 4) is 0 Å². The van der Waals surface area contributed by atoms with E-state index in [1.807, 2.05) is 29.2 Å². The van der Waals surface area contributed by atoms with Gasteiger partial charge in [0.15, 0.2) is 0 Å². The molecular formula is C12H16ClN3O. The smallest absolute Gasteiger partial charge is 0.236 e. The summed E-state index contributed by atoms with van der Waals surface area (Å²) in [7, 11) is 0. The van der Waals surface area contributed by atoms with E-state index in [1.165, 1.54) is 0 Å². The Morgan fingerprint density at radius 1 is 1.18 bits per heavy atom. The fourth-order valence-electron chi connectivity index (χ4n) is 2.00. The van der Waals surface area contributed by atoms with Gasteiger partial charge >= 0.3 is 0 Å². The predicted molar refractivity (Wildman–Crippen MR) is 69.3 cm³/mol. The maximum absolute atomic E-state index is 11.4. The average Bonchev–Trinajstić information content (AvgIpc) is 2.39. The van der Waals surface area contributed by atoms with Crippen LogP contribution in [0.1, 0.15) is 0 Å². The van der Waals surface area contributed by atoms with Crippen LogP contribution in [0.25, 0.3) is 0 Å². The third kappa shape index (κ3) is 2.90. The number of piperazine rings is 1. The SMILES string of the molecule is NCC(=O)N1CCN(c2ccc(Cl)cc2)CC1. The molecule has 5 heteroatoms. The maximum atomic E-state index is 11.4. The zero-order valence-electron chi connectivity index (χ0n) is 9.60. The first-order valence-electron chi connectivity index (χ1n) is 5.69. The van der Waals surface area contributed by atoms with Crippen LogP contribution >= 0.6 is 11.6 Å². The maximum Gasteiger partial charge on any atom is 0.236 e. The highest BCUT2D eigenvalue weighted by Gasteiger charge is 2.19. The second kappa shape index (κ2) is 5.38. The molecule has 92 valence electrons. The van der Waals surface area contributed by atoms with Crippen molar-refractivity contribution in [2.75, 3.05) is 37.6 Å². The first-order valence-corrected chi connectivity index (χ1v) is 6.07. The first kappa shape index (κ1) is 12.2. The second-order valence-corrected chi connectivity index (χ2v) is 4.48. The van der Waals surface area contributed by atoms with Crippen LogP contribution in [-0.4, -0.2) is 43.5 Å². The summed E-state index contributed by atoms with van der Waals surface area (Å²) < 4.78 is 0. The Hall–Kier alpha value is -1.26. The van der Waals surface area contributed by atoms with Crippen LogP contribution in [0.15, 0.2) is 24.3 Å². The minimum absolute atomic E-state index is 0.0285. The highest BCUT2D eigenvalue weighted by atomic mass is 35.5. The Labute approximate surface area is 106 Å². The van der Waals surface area contributed by atoms with E-state index in [0.717, 1.165) is 36.9 Å². The zero-order valence-corrected chi connectivity index (χ0v) is 10.4. The first-order chi connectivity index (χ1) is 8.20. The van der Waals surface area contributed by atoms with Gasteiger partial charge in [0.1, 0.15) is 0 Å². The highest BCUT2D eigenvalue weighted by Crippen LogP contribution is 2.19. The van der Waals surface area contributed by atoms with Gasteiger partial charge in [-0.25, -0.2) is 0 Å². The number of carbonyl (C=O) groups excluding carboxylic acids is 1. The van der Waals surface area contributed by atoms with Crippen LogP contribution in [0, 0.1) is 0 Å². The van der Waals surface area contributed by atoms with Crippen molar-refractivity contribution in [2.24, 2.45) is 5.73 Å². The third-order valence-electron chi connectivity index (χ3n) is 3.00. The number of halogens is 1. The number of rotatable bonds is 2. The molecule has 1 amide bonds. The Morgan fingerprint density at radius 3 is 2.29 bits per heavy atom. The van der Waals surface area contributed by atoms with Crippen molar-refractivity contribution in [2.45, 2.75) is 0 Å². The highest BCUT2D eigenvalue weighted by molar-refractivity contribution is 6.30.